The van der Waals surface area contributed by atoms with E-state index in [9.17, 15) is 13.2 Å². The Morgan fingerprint density at radius 1 is 1.00 bits per heavy atom. The molecule has 2 aromatic carbocycles. The quantitative estimate of drug-likeness (QED) is 0.617. The molecule has 0 spiro atoms. The number of piperidine rings is 2. The molecule has 1 N–H and O–H groups in total. The molecule has 2 aromatic rings. The summed E-state index contributed by atoms with van der Waals surface area (Å²) in [6, 6.07) is 14.8. The molecule has 2 fully saturated rings. The molecule has 4 rings (SSSR count). The molecular formula is C27H37N3O4S. The van der Waals surface area contributed by atoms with Crippen molar-refractivity contribution < 1.29 is 17.9 Å². The number of rotatable bonds is 7. The minimum atomic E-state index is -3.58. The molecule has 0 bridgehead atoms. The molecule has 35 heavy (non-hydrogen) atoms. The molecule has 0 aromatic heterocycles. The van der Waals surface area contributed by atoms with E-state index in [0.29, 0.717) is 31.7 Å². The second kappa shape index (κ2) is 11.0. The lowest BCUT2D eigenvalue weighted by atomic mass is 9.96. The van der Waals surface area contributed by atoms with Crippen molar-refractivity contribution in [2.45, 2.75) is 50.5 Å². The number of hydrogen-bond donors (Lipinski definition) is 1. The average molecular weight is 500 g/mol. The normalized spacial score (nSPS) is 20.9. The van der Waals surface area contributed by atoms with Crippen LogP contribution < -0.4 is 15.0 Å². The van der Waals surface area contributed by atoms with E-state index in [-0.39, 0.29) is 22.8 Å². The molecule has 0 unspecified atom stereocenters. The number of carbonyl (C=O) groups excluding carboxylic acids is 1. The molecule has 7 nitrogen and oxygen atoms in total. The van der Waals surface area contributed by atoms with Crippen LogP contribution in [0, 0.1) is 11.8 Å². The fourth-order valence-corrected chi connectivity index (χ4v) is 6.54. The number of benzene rings is 2. The van der Waals surface area contributed by atoms with E-state index in [1.807, 2.05) is 6.92 Å². The van der Waals surface area contributed by atoms with E-state index < -0.39 is 10.0 Å². The van der Waals surface area contributed by atoms with Gasteiger partial charge in [-0.05, 0) is 80.5 Å². The first-order valence-electron chi connectivity index (χ1n) is 12.6. The van der Waals surface area contributed by atoms with Gasteiger partial charge in [-0.3, -0.25) is 4.79 Å². The van der Waals surface area contributed by atoms with E-state index in [0.717, 1.165) is 24.6 Å². The van der Waals surface area contributed by atoms with Crippen LogP contribution in [0.5, 0.6) is 5.75 Å². The highest BCUT2D eigenvalue weighted by Gasteiger charge is 2.32. The van der Waals surface area contributed by atoms with Gasteiger partial charge in [0.25, 0.3) is 0 Å². The van der Waals surface area contributed by atoms with Gasteiger partial charge in [-0.1, -0.05) is 19.1 Å². The van der Waals surface area contributed by atoms with Crippen molar-refractivity contribution in [3.63, 3.8) is 0 Å². The van der Waals surface area contributed by atoms with E-state index >= 15 is 0 Å². The van der Waals surface area contributed by atoms with Gasteiger partial charge in [0.05, 0.1) is 18.0 Å². The molecule has 2 aliphatic rings. The molecule has 0 saturated carbocycles. The first-order chi connectivity index (χ1) is 16.8. The Morgan fingerprint density at radius 2 is 1.66 bits per heavy atom. The molecule has 2 aliphatic heterocycles. The Balaban J connectivity index is 1.29. The zero-order chi connectivity index (χ0) is 25.0. The zero-order valence-corrected chi connectivity index (χ0v) is 21.8. The smallest absolute Gasteiger partial charge is 0.243 e. The number of sulfonamides is 1. The highest BCUT2D eigenvalue weighted by Crippen LogP contribution is 2.27. The Hall–Kier alpha value is -2.58. The van der Waals surface area contributed by atoms with Crippen molar-refractivity contribution in [2.75, 3.05) is 38.2 Å². The average Bonchev–Trinajstić information content (AvgIpc) is 2.89. The van der Waals surface area contributed by atoms with Crippen molar-refractivity contribution in [1.82, 2.24) is 9.62 Å². The van der Waals surface area contributed by atoms with Crippen LogP contribution in [-0.4, -0.2) is 51.9 Å². The third kappa shape index (κ3) is 5.98. The topological polar surface area (TPSA) is 79.0 Å². The van der Waals surface area contributed by atoms with Gasteiger partial charge in [-0.15, -0.1) is 0 Å². The van der Waals surface area contributed by atoms with Crippen LogP contribution in [0.2, 0.25) is 0 Å². The summed E-state index contributed by atoms with van der Waals surface area (Å²) in [5.74, 6) is 1.14. The minimum Gasteiger partial charge on any atom is -0.497 e. The minimum absolute atomic E-state index is 0.00655. The van der Waals surface area contributed by atoms with Crippen molar-refractivity contribution >= 4 is 21.6 Å². The van der Waals surface area contributed by atoms with Crippen LogP contribution in [0.4, 0.5) is 5.69 Å². The van der Waals surface area contributed by atoms with Gasteiger partial charge in [-0.25, -0.2) is 8.42 Å². The third-order valence-electron chi connectivity index (χ3n) is 7.30. The van der Waals surface area contributed by atoms with Crippen LogP contribution in [0.15, 0.2) is 53.4 Å². The number of nitrogens with zero attached hydrogens (tertiary/aromatic N) is 2. The Morgan fingerprint density at radius 3 is 2.26 bits per heavy atom. The van der Waals surface area contributed by atoms with Crippen molar-refractivity contribution in [3.8, 4) is 5.75 Å². The largest absolute Gasteiger partial charge is 0.497 e. The van der Waals surface area contributed by atoms with E-state index in [2.05, 4.69) is 41.4 Å². The summed E-state index contributed by atoms with van der Waals surface area (Å²) in [6.07, 6.45) is 3.56. The summed E-state index contributed by atoms with van der Waals surface area (Å²) in [5.41, 5.74) is 2.32. The van der Waals surface area contributed by atoms with Crippen molar-refractivity contribution in [2.24, 2.45) is 11.8 Å². The van der Waals surface area contributed by atoms with Gasteiger partial charge in [0.15, 0.2) is 0 Å². The summed E-state index contributed by atoms with van der Waals surface area (Å²) in [4.78, 5) is 15.6. The molecule has 2 heterocycles. The lowest BCUT2D eigenvalue weighted by Crippen LogP contribution is -2.43. The van der Waals surface area contributed by atoms with Crippen LogP contribution in [0.1, 0.15) is 51.1 Å². The Labute approximate surface area is 209 Å². The third-order valence-corrected chi connectivity index (χ3v) is 9.21. The van der Waals surface area contributed by atoms with Crippen LogP contribution in [0.3, 0.4) is 0 Å². The summed E-state index contributed by atoms with van der Waals surface area (Å²) < 4.78 is 32.5. The monoisotopic (exact) mass is 499 g/mol. The molecule has 0 aliphatic carbocycles. The number of nitrogens with one attached hydrogen (secondary N) is 1. The summed E-state index contributed by atoms with van der Waals surface area (Å²) >= 11 is 0. The summed E-state index contributed by atoms with van der Waals surface area (Å²) in [7, 11) is -2.03. The second-order valence-electron chi connectivity index (χ2n) is 9.87. The van der Waals surface area contributed by atoms with Crippen LogP contribution >= 0.6 is 0 Å². The molecule has 190 valence electrons. The lowest BCUT2D eigenvalue weighted by Gasteiger charge is -2.33. The fourth-order valence-electron chi connectivity index (χ4n) is 5.07. The van der Waals surface area contributed by atoms with Crippen molar-refractivity contribution in [3.05, 3.63) is 54.1 Å². The number of ether oxygens (including phenoxy) is 1. The van der Waals surface area contributed by atoms with Gasteiger partial charge in [-0.2, -0.15) is 4.31 Å². The summed E-state index contributed by atoms with van der Waals surface area (Å²) in [5, 5.41) is 3.14. The maximum atomic E-state index is 13.0. The molecule has 0 radical (unpaired) electrons. The standard InChI is InChI=1S/C27H37N3O4S/c1-20-5-4-16-29(19-20)24-8-6-22(7-9-24)21(2)28-27(31)23-14-17-30(18-15-23)35(32,33)26-12-10-25(34-3)11-13-26/h6-13,20-21,23H,4-5,14-19H2,1-3H3,(H,28,31)/t20-,21-/m0/s1. The zero-order valence-electron chi connectivity index (χ0n) is 20.9. The van der Waals surface area contributed by atoms with Gasteiger partial charge in [0, 0.05) is 37.8 Å². The lowest BCUT2D eigenvalue weighted by molar-refractivity contribution is -0.126. The van der Waals surface area contributed by atoms with Gasteiger partial charge in [0.2, 0.25) is 15.9 Å². The molecule has 1 amide bonds. The maximum absolute atomic E-state index is 13.0. The first kappa shape index (κ1) is 25.5. The highest BCUT2D eigenvalue weighted by molar-refractivity contribution is 7.89. The van der Waals surface area contributed by atoms with Crippen LogP contribution in [0.25, 0.3) is 0 Å². The predicted molar refractivity (Wildman–Crippen MR) is 138 cm³/mol. The summed E-state index contributed by atoms with van der Waals surface area (Å²) in [6.45, 7) is 7.17. The van der Waals surface area contributed by atoms with E-state index in [1.165, 1.54) is 22.8 Å². The van der Waals surface area contributed by atoms with E-state index in [4.69, 9.17) is 4.74 Å². The van der Waals surface area contributed by atoms with Crippen LogP contribution in [-0.2, 0) is 14.8 Å². The molecular weight excluding hydrogens is 462 g/mol. The van der Waals surface area contributed by atoms with Gasteiger partial charge in [0.1, 0.15) is 5.75 Å². The number of carbonyl (C=O) groups is 1. The number of anilines is 1. The number of hydrogen-bond acceptors (Lipinski definition) is 5. The molecule has 8 heteroatoms. The Kier molecular flexibility index (Phi) is 8.02. The van der Waals surface area contributed by atoms with Crippen molar-refractivity contribution in [1.29, 1.82) is 0 Å². The number of methoxy groups -OCH3 is 1. The fraction of sp³-hybridized carbons (Fsp3) is 0.519. The SMILES string of the molecule is COc1ccc(S(=O)(=O)N2CCC(C(=O)N[C@@H](C)c3ccc(N4CCC[C@H](C)C4)cc3)CC2)cc1. The highest BCUT2D eigenvalue weighted by atomic mass is 32.2. The van der Waals surface area contributed by atoms with Gasteiger partial charge >= 0.3 is 0 Å². The van der Waals surface area contributed by atoms with E-state index in [1.54, 1.807) is 31.4 Å². The van der Waals surface area contributed by atoms with Gasteiger partial charge < -0.3 is 15.0 Å². The molecule has 2 atom stereocenters. The second-order valence-corrected chi connectivity index (χ2v) is 11.8. The Bertz CT molecular complexity index is 1090. The maximum Gasteiger partial charge on any atom is 0.243 e. The first-order valence-corrected chi connectivity index (χ1v) is 14.0. The molecule has 2 saturated heterocycles. The predicted octanol–water partition coefficient (Wildman–Crippen LogP) is 4.21. The number of amides is 1.